The number of halogens is 3. The molecular weight excluding hydrogens is 509 g/mol. The van der Waals surface area contributed by atoms with E-state index in [0.717, 1.165) is 42.0 Å². The average Bonchev–Trinajstić information content (AvgIpc) is 3.30. The Kier molecular flexibility index (Phi) is 8.70. The highest BCUT2D eigenvalue weighted by molar-refractivity contribution is 6.30. The summed E-state index contributed by atoms with van der Waals surface area (Å²) in [4.78, 5) is 15.3. The Balaban J connectivity index is 0.00000171. The molecule has 35 heavy (non-hydrogen) atoms. The van der Waals surface area contributed by atoms with Crippen molar-refractivity contribution in [3.05, 3.63) is 64.9 Å². The lowest BCUT2D eigenvalue weighted by Gasteiger charge is -2.44. The predicted octanol–water partition coefficient (Wildman–Crippen LogP) is 4.75. The van der Waals surface area contributed by atoms with Gasteiger partial charge in [-0.05, 0) is 67.6 Å². The molecule has 188 valence electrons. The van der Waals surface area contributed by atoms with E-state index in [2.05, 4.69) is 16.3 Å². The maximum Gasteiger partial charge on any atom is 0.292 e. The molecule has 7 nitrogen and oxygen atoms in total. The van der Waals surface area contributed by atoms with Crippen LogP contribution >= 0.6 is 36.4 Å². The van der Waals surface area contributed by atoms with Gasteiger partial charge < -0.3 is 19.9 Å². The first kappa shape index (κ1) is 27.3. The molecule has 0 spiro atoms. The maximum absolute atomic E-state index is 13.3. The van der Waals surface area contributed by atoms with Crippen LogP contribution in [0.15, 0.2) is 48.5 Å². The third kappa shape index (κ3) is 5.00. The Bertz CT molecular complexity index is 1160. The number of nitrogens with zero attached hydrogens (tertiary/aromatic N) is 4. The van der Waals surface area contributed by atoms with E-state index in [1.807, 2.05) is 51.9 Å². The van der Waals surface area contributed by atoms with Gasteiger partial charge in [0.2, 0.25) is 5.82 Å². The van der Waals surface area contributed by atoms with Crippen molar-refractivity contribution in [3.63, 3.8) is 0 Å². The third-order valence-corrected chi connectivity index (χ3v) is 7.53. The topological polar surface area (TPSA) is 86.3 Å². The molecule has 1 saturated carbocycles. The minimum Gasteiger partial charge on any atom is -0.497 e. The molecule has 1 aliphatic carbocycles. The molecule has 1 aromatic heterocycles. The van der Waals surface area contributed by atoms with Gasteiger partial charge in [-0.3, -0.25) is 4.79 Å². The number of carbonyl (C=O) groups excluding carboxylic acids is 1. The molecule has 0 atom stereocenters. The Hall–Kier alpha value is -2.32. The molecule has 10 heteroatoms. The quantitative estimate of drug-likeness (QED) is 0.507. The second-order valence-corrected chi connectivity index (χ2v) is 9.39. The second kappa shape index (κ2) is 11.2. The van der Waals surface area contributed by atoms with Gasteiger partial charge in [0.1, 0.15) is 5.75 Å². The zero-order valence-corrected chi connectivity index (χ0v) is 21.9. The van der Waals surface area contributed by atoms with Gasteiger partial charge in [0.25, 0.3) is 5.91 Å². The number of carbonyl (C=O) groups is 1. The predicted molar refractivity (Wildman–Crippen MR) is 142 cm³/mol. The van der Waals surface area contributed by atoms with Crippen LogP contribution in [-0.4, -0.2) is 51.8 Å². The fourth-order valence-electron chi connectivity index (χ4n) is 5.31. The standard InChI is InChI=1S/C25H28ClN5O2.2ClH/c1-33-21-7-5-17(6-8-21)22-28-29-23-24(32)30(13-14-31(22)23)20-9-11-25(16-27,12-10-20)18-3-2-4-19(26)15-18;;/h2-8,15,20H,9-14,16,27H2,1H3;2*1H. The molecule has 5 rings (SSSR count). The Labute approximate surface area is 222 Å². The van der Waals surface area contributed by atoms with Crippen molar-refractivity contribution in [3.8, 4) is 17.1 Å². The molecule has 0 saturated heterocycles. The lowest BCUT2D eigenvalue weighted by Crippen LogP contribution is -2.50. The van der Waals surface area contributed by atoms with Gasteiger partial charge >= 0.3 is 0 Å². The van der Waals surface area contributed by atoms with Crippen molar-refractivity contribution >= 4 is 42.3 Å². The van der Waals surface area contributed by atoms with E-state index in [4.69, 9.17) is 22.1 Å². The summed E-state index contributed by atoms with van der Waals surface area (Å²) in [7, 11) is 1.64. The summed E-state index contributed by atoms with van der Waals surface area (Å²) in [6.45, 7) is 1.92. The van der Waals surface area contributed by atoms with Gasteiger partial charge in [-0.15, -0.1) is 35.0 Å². The molecule has 2 aliphatic rings. The van der Waals surface area contributed by atoms with Crippen LogP contribution in [0.25, 0.3) is 11.4 Å². The van der Waals surface area contributed by atoms with Crippen molar-refractivity contribution in [2.24, 2.45) is 5.73 Å². The van der Waals surface area contributed by atoms with E-state index >= 15 is 0 Å². The van der Waals surface area contributed by atoms with Gasteiger partial charge in [0, 0.05) is 41.7 Å². The lowest BCUT2D eigenvalue weighted by atomic mass is 9.68. The summed E-state index contributed by atoms with van der Waals surface area (Å²) in [6, 6.07) is 15.9. The highest BCUT2D eigenvalue weighted by atomic mass is 35.5. The monoisotopic (exact) mass is 537 g/mol. The molecule has 0 unspecified atom stereocenters. The van der Waals surface area contributed by atoms with Crippen LogP contribution < -0.4 is 10.5 Å². The van der Waals surface area contributed by atoms with E-state index < -0.39 is 0 Å². The zero-order chi connectivity index (χ0) is 23.0. The van der Waals surface area contributed by atoms with Crippen LogP contribution in [0.2, 0.25) is 5.02 Å². The van der Waals surface area contributed by atoms with Crippen LogP contribution in [-0.2, 0) is 12.0 Å². The highest BCUT2D eigenvalue weighted by Gasteiger charge is 2.40. The first-order valence-corrected chi connectivity index (χ1v) is 11.8. The van der Waals surface area contributed by atoms with E-state index in [0.29, 0.717) is 31.3 Å². The van der Waals surface area contributed by atoms with Crippen molar-refractivity contribution in [1.29, 1.82) is 0 Å². The largest absolute Gasteiger partial charge is 0.497 e. The summed E-state index contributed by atoms with van der Waals surface area (Å²) in [5, 5.41) is 9.33. The lowest BCUT2D eigenvalue weighted by molar-refractivity contribution is 0.0523. The van der Waals surface area contributed by atoms with Crippen LogP contribution in [0.3, 0.4) is 0 Å². The molecule has 1 aliphatic heterocycles. The average molecular weight is 539 g/mol. The summed E-state index contributed by atoms with van der Waals surface area (Å²) in [5.41, 5.74) is 8.29. The van der Waals surface area contributed by atoms with Crippen LogP contribution in [0.4, 0.5) is 0 Å². The van der Waals surface area contributed by atoms with Gasteiger partial charge in [0.15, 0.2) is 5.82 Å². The fourth-order valence-corrected chi connectivity index (χ4v) is 5.50. The number of hydrogen-bond acceptors (Lipinski definition) is 5. The number of amides is 1. The molecular formula is C25H30Cl3N5O2. The van der Waals surface area contributed by atoms with Gasteiger partial charge in [0.05, 0.1) is 7.11 Å². The number of rotatable bonds is 5. The highest BCUT2D eigenvalue weighted by Crippen LogP contribution is 2.41. The smallest absolute Gasteiger partial charge is 0.292 e. The number of ether oxygens (including phenoxy) is 1. The van der Waals surface area contributed by atoms with Gasteiger partial charge in [-0.25, -0.2) is 0 Å². The normalized spacial score (nSPS) is 21.5. The zero-order valence-electron chi connectivity index (χ0n) is 19.5. The molecule has 1 fully saturated rings. The Morgan fingerprint density at radius 2 is 1.74 bits per heavy atom. The summed E-state index contributed by atoms with van der Waals surface area (Å²) >= 11 is 6.25. The molecule has 0 radical (unpaired) electrons. The molecule has 2 heterocycles. The van der Waals surface area contributed by atoms with Crippen molar-refractivity contribution in [2.75, 3.05) is 20.2 Å². The van der Waals surface area contributed by atoms with E-state index in [-0.39, 0.29) is 42.2 Å². The second-order valence-electron chi connectivity index (χ2n) is 8.95. The number of fused-ring (bicyclic) bond motifs is 1. The van der Waals surface area contributed by atoms with Crippen LogP contribution in [0, 0.1) is 0 Å². The van der Waals surface area contributed by atoms with E-state index in [1.54, 1.807) is 7.11 Å². The van der Waals surface area contributed by atoms with Crippen LogP contribution in [0.1, 0.15) is 41.9 Å². The van der Waals surface area contributed by atoms with E-state index in [1.165, 1.54) is 5.56 Å². The van der Waals surface area contributed by atoms with Gasteiger partial charge in [-0.2, -0.15) is 0 Å². The Morgan fingerprint density at radius 1 is 1.06 bits per heavy atom. The number of methoxy groups -OCH3 is 1. The third-order valence-electron chi connectivity index (χ3n) is 7.30. The first-order valence-electron chi connectivity index (χ1n) is 11.4. The van der Waals surface area contributed by atoms with Gasteiger partial charge in [-0.1, -0.05) is 23.7 Å². The van der Waals surface area contributed by atoms with Crippen molar-refractivity contribution < 1.29 is 9.53 Å². The summed E-state index contributed by atoms with van der Waals surface area (Å²) in [6.07, 6.45) is 3.69. The number of hydrogen-bond donors (Lipinski definition) is 1. The number of aromatic nitrogens is 3. The molecule has 1 amide bonds. The Morgan fingerprint density at radius 3 is 2.37 bits per heavy atom. The SMILES string of the molecule is COc1ccc(-c2nnc3n2CCN(C2CCC(CN)(c4cccc(Cl)c4)CC2)C3=O)cc1.Cl.Cl. The molecule has 0 bridgehead atoms. The fraction of sp³-hybridized carbons (Fsp3) is 0.400. The minimum atomic E-state index is -0.0816. The molecule has 2 N–H and O–H groups in total. The van der Waals surface area contributed by atoms with Crippen molar-refractivity contribution in [1.82, 2.24) is 19.7 Å². The van der Waals surface area contributed by atoms with Crippen LogP contribution in [0.5, 0.6) is 5.75 Å². The molecule has 3 aromatic rings. The summed E-state index contributed by atoms with van der Waals surface area (Å²) in [5.74, 6) is 1.87. The number of benzene rings is 2. The van der Waals surface area contributed by atoms with E-state index in [9.17, 15) is 4.79 Å². The maximum atomic E-state index is 13.3. The number of nitrogens with two attached hydrogens (primary N) is 1. The first-order chi connectivity index (χ1) is 16.0. The summed E-state index contributed by atoms with van der Waals surface area (Å²) < 4.78 is 7.17. The van der Waals surface area contributed by atoms with Crippen molar-refractivity contribution in [2.45, 2.75) is 43.7 Å². The minimum absolute atomic E-state index is 0. The molecule has 2 aromatic carbocycles.